The van der Waals surface area contributed by atoms with Gasteiger partial charge in [0.2, 0.25) is 0 Å². The van der Waals surface area contributed by atoms with E-state index in [4.69, 9.17) is 0 Å². The van der Waals surface area contributed by atoms with E-state index in [2.05, 4.69) is 15.5 Å². The molecule has 4 heteroatoms. The van der Waals surface area contributed by atoms with Crippen molar-refractivity contribution in [2.24, 2.45) is 0 Å². The van der Waals surface area contributed by atoms with Crippen molar-refractivity contribution in [3.05, 3.63) is 53.5 Å². The Kier molecular flexibility index (Phi) is 3.65. The summed E-state index contributed by atoms with van der Waals surface area (Å²) in [7, 11) is 0. The highest BCUT2D eigenvalue weighted by molar-refractivity contribution is 5.35. The molecule has 0 aliphatic carbocycles. The zero-order valence-electron chi connectivity index (χ0n) is 9.65. The Balaban J connectivity index is 1.87. The zero-order valence-corrected chi connectivity index (χ0v) is 9.65. The average molecular weight is 231 g/mol. The van der Waals surface area contributed by atoms with Crippen molar-refractivity contribution in [1.29, 1.82) is 0 Å². The van der Waals surface area contributed by atoms with Crippen LogP contribution in [0.15, 0.2) is 36.5 Å². The standard InChI is InChI=1S/C13H14FN3/c1-10-7-13(17-16-9-10)15-6-5-11-3-2-4-12(14)8-11/h2-4,7-9H,5-6H2,1H3,(H,15,17). The quantitative estimate of drug-likeness (QED) is 0.878. The van der Waals surface area contributed by atoms with Gasteiger partial charge in [0, 0.05) is 6.54 Å². The summed E-state index contributed by atoms with van der Waals surface area (Å²) in [5.74, 6) is 0.555. The third kappa shape index (κ3) is 3.52. The monoisotopic (exact) mass is 231 g/mol. The van der Waals surface area contributed by atoms with Gasteiger partial charge in [-0.2, -0.15) is 5.10 Å². The molecule has 17 heavy (non-hydrogen) atoms. The van der Waals surface area contributed by atoms with Gasteiger partial charge in [-0.3, -0.25) is 0 Å². The van der Waals surface area contributed by atoms with Crippen molar-refractivity contribution in [1.82, 2.24) is 10.2 Å². The molecule has 3 nitrogen and oxygen atoms in total. The SMILES string of the molecule is Cc1cnnc(NCCc2cccc(F)c2)c1. The Morgan fingerprint density at radius 3 is 2.94 bits per heavy atom. The van der Waals surface area contributed by atoms with Crippen molar-refractivity contribution in [2.45, 2.75) is 13.3 Å². The number of hydrogen-bond acceptors (Lipinski definition) is 3. The van der Waals surface area contributed by atoms with Crippen LogP contribution in [0, 0.1) is 12.7 Å². The Hall–Kier alpha value is -1.97. The van der Waals surface area contributed by atoms with Gasteiger partial charge < -0.3 is 5.32 Å². The van der Waals surface area contributed by atoms with Crippen LogP contribution in [-0.2, 0) is 6.42 Å². The Bertz CT molecular complexity index is 454. The van der Waals surface area contributed by atoms with Gasteiger partial charge in [0.25, 0.3) is 0 Å². The number of benzene rings is 1. The number of aryl methyl sites for hydroxylation is 1. The second-order valence-corrected chi connectivity index (χ2v) is 3.92. The molecule has 1 aromatic carbocycles. The predicted octanol–water partition coefficient (Wildman–Crippen LogP) is 2.58. The number of halogens is 1. The summed E-state index contributed by atoms with van der Waals surface area (Å²) in [4.78, 5) is 0. The fourth-order valence-electron chi connectivity index (χ4n) is 1.58. The predicted molar refractivity (Wildman–Crippen MR) is 65.4 cm³/mol. The summed E-state index contributed by atoms with van der Waals surface area (Å²) in [5.41, 5.74) is 2.03. The van der Waals surface area contributed by atoms with Crippen molar-refractivity contribution in [3.63, 3.8) is 0 Å². The van der Waals surface area contributed by atoms with Crippen LogP contribution >= 0.6 is 0 Å². The molecule has 0 atom stereocenters. The van der Waals surface area contributed by atoms with E-state index < -0.39 is 0 Å². The minimum Gasteiger partial charge on any atom is -0.368 e. The first-order chi connectivity index (χ1) is 8.24. The fourth-order valence-corrected chi connectivity index (χ4v) is 1.58. The molecular formula is C13H14FN3. The van der Waals surface area contributed by atoms with E-state index in [1.807, 2.05) is 19.1 Å². The molecule has 0 fully saturated rings. The second kappa shape index (κ2) is 5.39. The van der Waals surface area contributed by atoms with Crippen molar-refractivity contribution in [2.75, 3.05) is 11.9 Å². The molecule has 0 saturated carbocycles. The molecule has 88 valence electrons. The molecule has 1 heterocycles. The van der Waals surface area contributed by atoms with Crippen molar-refractivity contribution < 1.29 is 4.39 Å². The van der Waals surface area contributed by atoms with Crippen LogP contribution in [0.4, 0.5) is 10.2 Å². The first-order valence-corrected chi connectivity index (χ1v) is 5.52. The second-order valence-electron chi connectivity index (χ2n) is 3.92. The number of aromatic nitrogens is 2. The van der Waals surface area contributed by atoms with Gasteiger partial charge in [-0.1, -0.05) is 12.1 Å². The van der Waals surface area contributed by atoms with E-state index in [-0.39, 0.29) is 5.82 Å². The molecule has 0 aliphatic rings. The molecule has 0 bridgehead atoms. The van der Waals surface area contributed by atoms with Crippen LogP contribution in [0.2, 0.25) is 0 Å². The molecule has 2 rings (SSSR count). The van der Waals surface area contributed by atoms with Crippen LogP contribution in [0.25, 0.3) is 0 Å². The topological polar surface area (TPSA) is 37.8 Å². The maximum Gasteiger partial charge on any atom is 0.148 e. The lowest BCUT2D eigenvalue weighted by atomic mass is 10.1. The van der Waals surface area contributed by atoms with Gasteiger partial charge in [0.15, 0.2) is 0 Å². The average Bonchev–Trinajstić information content (AvgIpc) is 2.29. The zero-order chi connectivity index (χ0) is 12.1. The molecule has 0 unspecified atom stereocenters. The minimum atomic E-state index is -0.196. The normalized spacial score (nSPS) is 10.2. The molecule has 0 radical (unpaired) electrons. The van der Waals surface area contributed by atoms with Crippen molar-refractivity contribution >= 4 is 5.82 Å². The number of hydrogen-bond donors (Lipinski definition) is 1. The van der Waals surface area contributed by atoms with Crippen LogP contribution in [0.3, 0.4) is 0 Å². The molecule has 0 aliphatic heterocycles. The molecule has 2 aromatic rings. The number of rotatable bonds is 4. The maximum absolute atomic E-state index is 12.9. The molecule has 0 spiro atoms. The maximum atomic E-state index is 12.9. The van der Waals surface area contributed by atoms with E-state index in [1.54, 1.807) is 18.3 Å². The van der Waals surface area contributed by atoms with Gasteiger partial charge in [0.05, 0.1) is 6.20 Å². The Morgan fingerprint density at radius 1 is 1.29 bits per heavy atom. The third-order valence-corrected chi connectivity index (χ3v) is 2.40. The van der Waals surface area contributed by atoms with E-state index >= 15 is 0 Å². The molecular weight excluding hydrogens is 217 g/mol. The fraction of sp³-hybridized carbons (Fsp3) is 0.231. The third-order valence-electron chi connectivity index (χ3n) is 2.40. The summed E-state index contributed by atoms with van der Waals surface area (Å²) >= 11 is 0. The van der Waals surface area contributed by atoms with Crippen molar-refractivity contribution in [3.8, 4) is 0 Å². The van der Waals surface area contributed by atoms with Gasteiger partial charge in [-0.05, 0) is 42.7 Å². The van der Waals surface area contributed by atoms with Gasteiger partial charge in [0.1, 0.15) is 11.6 Å². The smallest absolute Gasteiger partial charge is 0.148 e. The number of nitrogens with one attached hydrogen (secondary N) is 1. The number of nitrogens with zero attached hydrogens (tertiary/aromatic N) is 2. The van der Waals surface area contributed by atoms with Crippen LogP contribution in [0.5, 0.6) is 0 Å². The van der Waals surface area contributed by atoms with Crippen LogP contribution in [-0.4, -0.2) is 16.7 Å². The Morgan fingerprint density at radius 2 is 2.18 bits per heavy atom. The van der Waals surface area contributed by atoms with Gasteiger partial charge in [-0.25, -0.2) is 4.39 Å². The lowest BCUT2D eigenvalue weighted by Crippen LogP contribution is -2.07. The first kappa shape index (κ1) is 11.5. The number of anilines is 1. The summed E-state index contributed by atoms with van der Waals surface area (Å²) in [5, 5.41) is 11.0. The van der Waals surface area contributed by atoms with Crippen LogP contribution < -0.4 is 5.32 Å². The molecule has 0 saturated heterocycles. The highest BCUT2D eigenvalue weighted by Gasteiger charge is 1.97. The molecule has 1 N–H and O–H groups in total. The van der Waals surface area contributed by atoms with E-state index in [1.165, 1.54) is 6.07 Å². The highest BCUT2D eigenvalue weighted by Crippen LogP contribution is 2.06. The van der Waals surface area contributed by atoms with Gasteiger partial charge in [-0.15, -0.1) is 5.10 Å². The first-order valence-electron chi connectivity index (χ1n) is 5.52. The van der Waals surface area contributed by atoms with Gasteiger partial charge >= 0.3 is 0 Å². The lowest BCUT2D eigenvalue weighted by Gasteiger charge is -2.05. The van der Waals surface area contributed by atoms with E-state index in [9.17, 15) is 4.39 Å². The molecule has 1 aromatic heterocycles. The Labute approximate surface area is 99.7 Å². The minimum absolute atomic E-state index is 0.196. The largest absolute Gasteiger partial charge is 0.368 e. The van der Waals surface area contributed by atoms with E-state index in [0.29, 0.717) is 6.54 Å². The van der Waals surface area contributed by atoms with E-state index in [0.717, 1.165) is 23.4 Å². The highest BCUT2D eigenvalue weighted by atomic mass is 19.1. The molecule has 0 amide bonds. The lowest BCUT2D eigenvalue weighted by molar-refractivity contribution is 0.625. The summed E-state index contributed by atoms with van der Waals surface area (Å²) in [6.07, 6.45) is 2.46. The van der Waals surface area contributed by atoms with Crippen LogP contribution in [0.1, 0.15) is 11.1 Å². The summed E-state index contributed by atoms with van der Waals surface area (Å²) in [6.45, 7) is 2.67. The summed E-state index contributed by atoms with van der Waals surface area (Å²) < 4.78 is 12.9. The summed E-state index contributed by atoms with van der Waals surface area (Å²) in [6, 6.07) is 8.55.